The van der Waals surface area contributed by atoms with Crippen LogP contribution in [0.5, 0.6) is 0 Å². The summed E-state index contributed by atoms with van der Waals surface area (Å²) in [6.07, 6.45) is 4.99. The summed E-state index contributed by atoms with van der Waals surface area (Å²) in [5.74, 6) is 0.656. The Balaban J connectivity index is 1.86. The van der Waals surface area contributed by atoms with Gasteiger partial charge < -0.3 is 10.6 Å². The van der Waals surface area contributed by atoms with Gasteiger partial charge in [-0.2, -0.15) is 5.26 Å². The molecule has 2 atom stereocenters. The van der Waals surface area contributed by atoms with Crippen LogP contribution >= 0.6 is 11.3 Å². The molecule has 1 amide bonds. The second-order valence-corrected chi connectivity index (χ2v) is 7.59. The van der Waals surface area contributed by atoms with Crippen molar-refractivity contribution in [1.29, 1.82) is 5.26 Å². The Hall–Kier alpha value is -1.38. The fourth-order valence-electron chi connectivity index (χ4n) is 3.29. The molecule has 0 radical (unpaired) electrons. The van der Waals surface area contributed by atoms with E-state index in [1.54, 1.807) is 11.3 Å². The normalized spacial score (nSPS) is 28.0. The molecule has 1 aliphatic heterocycles. The molecular weight excluding hydrogens is 282 g/mol. The van der Waals surface area contributed by atoms with Crippen molar-refractivity contribution in [3.63, 3.8) is 0 Å². The monoisotopic (exact) mass is 303 g/mol. The van der Waals surface area contributed by atoms with Gasteiger partial charge in [-0.15, -0.1) is 11.3 Å². The summed E-state index contributed by atoms with van der Waals surface area (Å²) >= 11 is 1.59. The minimum Gasteiger partial charge on any atom is -0.315 e. The molecule has 2 N–H and O–H groups in total. The molecule has 1 aromatic heterocycles. The standard InChI is InChI=1S/C16H21N3OS/c1-10-4-5-11-12(9-17)14(21-13(11)8-10)19-15(20)16(2)6-3-7-18-16/h10,18H,3-8H2,1-2H3,(H,19,20). The van der Waals surface area contributed by atoms with Crippen LogP contribution in [-0.2, 0) is 17.6 Å². The number of anilines is 1. The second-order valence-electron chi connectivity index (χ2n) is 6.48. The number of fused-ring (bicyclic) bond motifs is 1. The van der Waals surface area contributed by atoms with E-state index in [4.69, 9.17) is 0 Å². The van der Waals surface area contributed by atoms with Gasteiger partial charge in [0, 0.05) is 4.88 Å². The highest BCUT2D eigenvalue weighted by Crippen LogP contribution is 2.39. The summed E-state index contributed by atoms with van der Waals surface area (Å²) in [7, 11) is 0. The molecule has 1 fully saturated rings. The maximum absolute atomic E-state index is 12.5. The van der Waals surface area contributed by atoms with Gasteiger partial charge in [-0.05, 0) is 57.1 Å². The smallest absolute Gasteiger partial charge is 0.245 e. The van der Waals surface area contributed by atoms with Crippen molar-refractivity contribution in [3.05, 3.63) is 16.0 Å². The third kappa shape index (κ3) is 2.58. The summed E-state index contributed by atoms with van der Waals surface area (Å²) in [5.41, 5.74) is 1.36. The Morgan fingerprint density at radius 3 is 3.05 bits per heavy atom. The van der Waals surface area contributed by atoms with Gasteiger partial charge in [0.2, 0.25) is 5.91 Å². The predicted molar refractivity (Wildman–Crippen MR) is 84.5 cm³/mol. The Bertz CT molecular complexity index is 608. The number of hydrogen-bond acceptors (Lipinski definition) is 4. The number of hydrogen-bond donors (Lipinski definition) is 2. The van der Waals surface area contributed by atoms with E-state index in [0.717, 1.165) is 43.6 Å². The van der Waals surface area contributed by atoms with Gasteiger partial charge in [0.15, 0.2) is 0 Å². The van der Waals surface area contributed by atoms with E-state index in [1.165, 1.54) is 10.4 Å². The number of thiophene rings is 1. The molecule has 0 bridgehead atoms. The predicted octanol–water partition coefficient (Wildman–Crippen LogP) is 2.83. The molecule has 0 spiro atoms. The molecule has 0 saturated carbocycles. The number of carbonyl (C=O) groups excluding carboxylic acids is 1. The Labute approximate surface area is 129 Å². The zero-order chi connectivity index (χ0) is 15.0. The first-order valence-electron chi connectivity index (χ1n) is 7.64. The minimum atomic E-state index is -0.496. The lowest BCUT2D eigenvalue weighted by molar-refractivity contribution is -0.121. The van der Waals surface area contributed by atoms with Crippen LogP contribution in [0, 0.1) is 17.2 Å². The Morgan fingerprint density at radius 1 is 1.57 bits per heavy atom. The number of amides is 1. The summed E-state index contributed by atoms with van der Waals surface area (Å²) in [6.45, 7) is 5.07. The van der Waals surface area contributed by atoms with Gasteiger partial charge in [0.1, 0.15) is 11.1 Å². The van der Waals surface area contributed by atoms with E-state index in [-0.39, 0.29) is 5.91 Å². The van der Waals surface area contributed by atoms with E-state index < -0.39 is 5.54 Å². The molecule has 2 aliphatic rings. The van der Waals surface area contributed by atoms with Gasteiger partial charge in [0.25, 0.3) is 0 Å². The summed E-state index contributed by atoms with van der Waals surface area (Å²) in [5, 5.41) is 16.5. The molecular formula is C16H21N3OS. The first kappa shape index (κ1) is 14.6. The number of nitriles is 1. The SMILES string of the molecule is CC1CCc2c(sc(NC(=O)C3(C)CCCN3)c2C#N)C1. The van der Waals surface area contributed by atoms with Crippen molar-refractivity contribution in [2.75, 3.05) is 11.9 Å². The van der Waals surface area contributed by atoms with Crippen LogP contribution in [0.3, 0.4) is 0 Å². The van der Waals surface area contributed by atoms with Crippen LogP contribution in [0.25, 0.3) is 0 Å². The zero-order valence-corrected chi connectivity index (χ0v) is 13.4. The summed E-state index contributed by atoms with van der Waals surface area (Å²) < 4.78 is 0. The van der Waals surface area contributed by atoms with Crippen molar-refractivity contribution in [2.24, 2.45) is 5.92 Å². The van der Waals surface area contributed by atoms with Crippen LogP contribution in [0.4, 0.5) is 5.00 Å². The second kappa shape index (κ2) is 5.43. The molecule has 0 aromatic carbocycles. The Morgan fingerprint density at radius 2 is 2.38 bits per heavy atom. The lowest BCUT2D eigenvalue weighted by atomic mass is 9.88. The highest BCUT2D eigenvalue weighted by atomic mass is 32.1. The molecule has 112 valence electrons. The average Bonchev–Trinajstić information content (AvgIpc) is 3.02. The van der Waals surface area contributed by atoms with Crippen molar-refractivity contribution in [1.82, 2.24) is 5.32 Å². The lowest BCUT2D eigenvalue weighted by Crippen LogP contribution is -2.47. The highest BCUT2D eigenvalue weighted by Gasteiger charge is 2.37. The minimum absolute atomic E-state index is 0.0110. The first-order chi connectivity index (χ1) is 10.0. The van der Waals surface area contributed by atoms with Crippen LogP contribution < -0.4 is 10.6 Å². The highest BCUT2D eigenvalue weighted by molar-refractivity contribution is 7.16. The fraction of sp³-hybridized carbons (Fsp3) is 0.625. The number of nitrogens with zero attached hydrogens (tertiary/aromatic N) is 1. The third-order valence-corrected chi connectivity index (χ3v) is 5.89. The quantitative estimate of drug-likeness (QED) is 0.883. The van der Waals surface area contributed by atoms with Crippen LogP contribution in [0.1, 0.15) is 49.1 Å². The van der Waals surface area contributed by atoms with E-state index in [0.29, 0.717) is 11.5 Å². The van der Waals surface area contributed by atoms with Gasteiger partial charge in [-0.25, -0.2) is 0 Å². The van der Waals surface area contributed by atoms with Crippen molar-refractivity contribution >= 4 is 22.2 Å². The maximum atomic E-state index is 12.5. The largest absolute Gasteiger partial charge is 0.315 e. The van der Waals surface area contributed by atoms with Gasteiger partial charge in [-0.1, -0.05) is 6.92 Å². The van der Waals surface area contributed by atoms with Crippen molar-refractivity contribution in [3.8, 4) is 6.07 Å². The van der Waals surface area contributed by atoms with Crippen molar-refractivity contribution in [2.45, 2.75) is 51.5 Å². The molecule has 3 rings (SSSR count). The number of rotatable bonds is 2. The summed E-state index contributed by atoms with van der Waals surface area (Å²) in [6, 6.07) is 2.30. The summed E-state index contributed by atoms with van der Waals surface area (Å²) in [4.78, 5) is 13.8. The van der Waals surface area contributed by atoms with E-state index >= 15 is 0 Å². The van der Waals surface area contributed by atoms with E-state index in [9.17, 15) is 10.1 Å². The molecule has 21 heavy (non-hydrogen) atoms. The van der Waals surface area contributed by atoms with Crippen LogP contribution in [0.15, 0.2) is 0 Å². The molecule has 5 heteroatoms. The molecule has 2 unspecified atom stereocenters. The maximum Gasteiger partial charge on any atom is 0.245 e. The average molecular weight is 303 g/mol. The van der Waals surface area contributed by atoms with Gasteiger partial charge in [-0.3, -0.25) is 4.79 Å². The third-order valence-electron chi connectivity index (χ3n) is 4.72. The number of carbonyl (C=O) groups is 1. The van der Waals surface area contributed by atoms with E-state index in [2.05, 4.69) is 23.6 Å². The number of nitrogens with one attached hydrogen (secondary N) is 2. The van der Waals surface area contributed by atoms with Gasteiger partial charge in [0.05, 0.1) is 11.1 Å². The molecule has 1 aromatic rings. The van der Waals surface area contributed by atoms with Gasteiger partial charge >= 0.3 is 0 Å². The molecule has 4 nitrogen and oxygen atoms in total. The topological polar surface area (TPSA) is 64.9 Å². The Kier molecular flexibility index (Phi) is 3.76. The zero-order valence-electron chi connectivity index (χ0n) is 12.6. The molecule has 1 saturated heterocycles. The van der Waals surface area contributed by atoms with Crippen molar-refractivity contribution < 1.29 is 4.79 Å². The lowest BCUT2D eigenvalue weighted by Gasteiger charge is -2.22. The van der Waals surface area contributed by atoms with Crippen LogP contribution in [-0.4, -0.2) is 18.0 Å². The molecule has 1 aliphatic carbocycles. The van der Waals surface area contributed by atoms with Crippen LogP contribution in [0.2, 0.25) is 0 Å². The molecule has 2 heterocycles. The van der Waals surface area contributed by atoms with E-state index in [1.807, 2.05) is 6.92 Å². The first-order valence-corrected chi connectivity index (χ1v) is 8.46. The fourth-order valence-corrected chi connectivity index (χ4v) is 4.64.